The van der Waals surface area contributed by atoms with E-state index in [0.717, 1.165) is 13.1 Å². The van der Waals surface area contributed by atoms with Crippen molar-refractivity contribution in [3.63, 3.8) is 0 Å². The summed E-state index contributed by atoms with van der Waals surface area (Å²) in [6.07, 6.45) is -0.0759. The van der Waals surface area contributed by atoms with E-state index in [9.17, 15) is 0 Å². The third-order valence-corrected chi connectivity index (χ3v) is 2.74. The second kappa shape index (κ2) is 5.25. The highest BCUT2D eigenvalue weighted by molar-refractivity contribution is 4.86. The Labute approximate surface area is 92.2 Å². The van der Waals surface area contributed by atoms with Crippen LogP contribution in [0.2, 0.25) is 0 Å². The van der Waals surface area contributed by atoms with Crippen LogP contribution in [0.15, 0.2) is 0 Å². The molecule has 1 aliphatic rings. The van der Waals surface area contributed by atoms with E-state index < -0.39 is 0 Å². The van der Waals surface area contributed by atoms with Gasteiger partial charge in [-0.2, -0.15) is 0 Å². The quantitative estimate of drug-likeness (QED) is 0.744. The summed E-state index contributed by atoms with van der Waals surface area (Å²) in [6.45, 7) is 8.72. The Kier molecular flexibility index (Phi) is 4.52. The molecule has 1 aliphatic heterocycles. The molecule has 4 nitrogen and oxygen atoms in total. The smallest absolute Gasteiger partial charge is 0.0940 e. The van der Waals surface area contributed by atoms with Crippen molar-refractivity contribution in [3.8, 4) is 0 Å². The first-order valence-corrected chi connectivity index (χ1v) is 5.50. The lowest BCUT2D eigenvalue weighted by Gasteiger charge is -2.44. The Bertz CT molecular complexity index is 196. The molecule has 1 N–H and O–H groups in total. The monoisotopic (exact) mass is 217 g/mol. The maximum absolute atomic E-state index is 9.17. The van der Waals surface area contributed by atoms with Gasteiger partial charge in [-0.05, 0) is 20.8 Å². The maximum Gasteiger partial charge on any atom is 0.0940 e. The van der Waals surface area contributed by atoms with Crippen LogP contribution in [0.3, 0.4) is 0 Å². The number of aliphatic hydroxyl groups excluding tert-OH is 1. The first-order chi connectivity index (χ1) is 6.98. The predicted molar refractivity (Wildman–Crippen MR) is 58.9 cm³/mol. The minimum Gasteiger partial charge on any atom is -0.394 e. The van der Waals surface area contributed by atoms with Gasteiger partial charge in [-0.3, -0.25) is 4.90 Å². The predicted octanol–water partition coefficient (Wildman–Crippen LogP) is 0.493. The fourth-order valence-corrected chi connectivity index (χ4v) is 2.12. The van der Waals surface area contributed by atoms with Gasteiger partial charge >= 0.3 is 0 Å². The molecule has 90 valence electrons. The summed E-state index contributed by atoms with van der Waals surface area (Å²) < 4.78 is 10.9. The Morgan fingerprint density at radius 3 is 2.80 bits per heavy atom. The third kappa shape index (κ3) is 3.72. The molecule has 2 unspecified atom stereocenters. The Hall–Kier alpha value is -0.160. The molecule has 0 bridgehead atoms. The number of hydrogen-bond acceptors (Lipinski definition) is 4. The van der Waals surface area contributed by atoms with E-state index in [-0.39, 0.29) is 18.3 Å². The number of aliphatic hydroxyl groups is 1. The summed E-state index contributed by atoms with van der Waals surface area (Å²) >= 11 is 0. The van der Waals surface area contributed by atoms with Crippen molar-refractivity contribution in [1.82, 2.24) is 4.90 Å². The highest BCUT2D eigenvalue weighted by atomic mass is 16.5. The van der Waals surface area contributed by atoms with Crippen molar-refractivity contribution in [2.75, 3.05) is 33.4 Å². The molecule has 15 heavy (non-hydrogen) atoms. The molecule has 2 atom stereocenters. The van der Waals surface area contributed by atoms with Crippen molar-refractivity contribution >= 4 is 0 Å². The second-order valence-electron chi connectivity index (χ2n) is 4.92. The van der Waals surface area contributed by atoms with Gasteiger partial charge in [-0.25, -0.2) is 0 Å². The molecular formula is C11H23NO3. The summed E-state index contributed by atoms with van der Waals surface area (Å²) in [5.74, 6) is 0. The molecule has 0 saturated carbocycles. The zero-order chi connectivity index (χ0) is 11.5. The van der Waals surface area contributed by atoms with E-state index in [1.165, 1.54) is 0 Å². The van der Waals surface area contributed by atoms with Gasteiger partial charge in [0.05, 0.1) is 24.9 Å². The standard InChI is InChI=1S/C11H23NO3/c1-9(7-14-4)12-5-10(6-13)15-11(2,3)8-12/h9-10,13H,5-8H2,1-4H3. The van der Waals surface area contributed by atoms with E-state index in [1.807, 2.05) is 0 Å². The Morgan fingerprint density at radius 1 is 1.60 bits per heavy atom. The second-order valence-corrected chi connectivity index (χ2v) is 4.92. The first kappa shape index (κ1) is 12.9. The number of ether oxygens (including phenoxy) is 2. The van der Waals surface area contributed by atoms with Crippen LogP contribution in [-0.2, 0) is 9.47 Å². The summed E-state index contributed by atoms with van der Waals surface area (Å²) in [5.41, 5.74) is -0.187. The van der Waals surface area contributed by atoms with Gasteiger partial charge in [0.2, 0.25) is 0 Å². The number of morpholine rings is 1. The topological polar surface area (TPSA) is 41.9 Å². The van der Waals surface area contributed by atoms with E-state index in [4.69, 9.17) is 14.6 Å². The van der Waals surface area contributed by atoms with Gasteiger partial charge in [0.15, 0.2) is 0 Å². The summed E-state index contributed by atoms with van der Waals surface area (Å²) in [6, 6.07) is 0.368. The van der Waals surface area contributed by atoms with Gasteiger partial charge in [0.1, 0.15) is 0 Å². The van der Waals surface area contributed by atoms with Gasteiger partial charge in [-0.15, -0.1) is 0 Å². The highest BCUT2D eigenvalue weighted by Gasteiger charge is 2.34. The maximum atomic E-state index is 9.17. The van der Waals surface area contributed by atoms with Crippen LogP contribution in [0, 0.1) is 0 Å². The lowest BCUT2D eigenvalue weighted by molar-refractivity contribution is -0.158. The Balaban J connectivity index is 2.57. The molecule has 1 fully saturated rings. The highest BCUT2D eigenvalue weighted by Crippen LogP contribution is 2.22. The number of hydrogen-bond donors (Lipinski definition) is 1. The first-order valence-electron chi connectivity index (χ1n) is 5.50. The van der Waals surface area contributed by atoms with Crippen LogP contribution < -0.4 is 0 Å². The Morgan fingerprint density at radius 2 is 2.27 bits per heavy atom. The molecule has 0 aliphatic carbocycles. The zero-order valence-electron chi connectivity index (χ0n) is 10.2. The lowest BCUT2D eigenvalue weighted by Crippen LogP contribution is -2.57. The van der Waals surface area contributed by atoms with E-state index in [2.05, 4.69) is 25.7 Å². The molecule has 0 amide bonds. The van der Waals surface area contributed by atoms with Crippen LogP contribution >= 0.6 is 0 Å². The van der Waals surface area contributed by atoms with Crippen LogP contribution in [0.5, 0.6) is 0 Å². The van der Waals surface area contributed by atoms with Gasteiger partial charge in [0.25, 0.3) is 0 Å². The minimum absolute atomic E-state index is 0.0759. The van der Waals surface area contributed by atoms with E-state index >= 15 is 0 Å². The average Bonchev–Trinajstić information content (AvgIpc) is 2.15. The van der Waals surface area contributed by atoms with Gasteiger partial charge in [-0.1, -0.05) is 0 Å². The van der Waals surface area contributed by atoms with Gasteiger partial charge in [0, 0.05) is 26.2 Å². The zero-order valence-corrected chi connectivity index (χ0v) is 10.2. The molecule has 1 heterocycles. The van der Waals surface area contributed by atoms with Crippen molar-refractivity contribution in [2.24, 2.45) is 0 Å². The number of rotatable bonds is 4. The van der Waals surface area contributed by atoms with Crippen molar-refractivity contribution in [1.29, 1.82) is 0 Å². The number of nitrogens with zero attached hydrogens (tertiary/aromatic N) is 1. The summed E-state index contributed by atoms with van der Waals surface area (Å²) in [4.78, 5) is 2.31. The normalized spacial score (nSPS) is 29.0. The molecule has 0 aromatic rings. The lowest BCUT2D eigenvalue weighted by atomic mass is 10.0. The molecule has 1 rings (SSSR count). The summed E-state index contributed by atoms with van der Waals surface area (Å²) in [7, 11) is 1.71. The van der Waals surface area contributed by atoms with E-state index in [1.54, 1.807) is 7.11 Å². The average molecular weight is 217 g/mol. The van der Waals surface area contributed by atoms with Crippen LogP contribution in [-0.4, -0.2) is 61.2 Å². The molecule has 0 spiro atoms. The fourth-order valence-electron chi connectivity index (χ4n) is 2.12. The molecule has 0 radical (unpaired) electrons. The van der Waals surface area contributed by atoms with Crippen LogP contribution in [0.4, 0.5) is 0 Å². The number of methoxy groups -OCH3 is 1. The largest absolute Gasteiger partial charge is 0.394 e. The van der Waals surface area contributed by atoms with Crippen LogP contribution in [0.1, 0.15) is 20.8 Å². The van der Waals surface area contributed by atoms with Crippen molar-refractivity contribution < 1.29 is 14.6 Å². The molecule has 0 aromatic heterocycles. The summed E-state index contributed by atoms with van der Waals surface area (Å²) in [5, 5.41) is 9.17. The van der Waals surface area contributed by atoms with Crippen molar-refractivity contribution in [2.45, 2.75) is 38.5 Å². The van der Waals surface area contributed by atoms with Crippen molar-refractivity contribution in [3.05, 3.63) is 0 Å². The molecule has 1 saturated heterocycles. The SMILES string of the molecule is COCC(C)N1CC(CO)OC(C)(C)C1. The fraction of sp³-hybridized carbons (Fsp3) is 1.00. The third-order valence-electron chi connectivity index (χ3n) is 2.74. The minimum atomic E-state index is -0.187. The molecule has 4 heteroatoms. The van der Waals surface area contributed by atoms with Gasteiger partial charge < -0.3 is 14.6 Å². The van der Waals surface area contributed by atoms with Crippen LogP contribution in [0.25, 0.3) is 0 Å². The molecule has 0 aromatic carbocycles. The van der Waals surface area contributed by atoms with E-state index in [0.29, 0.717) is 12.6 Å². The molecular weight excluding hydrogens is 194 g/mol.